The van der Waals surface area contributed by atoms with Crippen LogP contribution in [0.2, 0.25) is 0 Å². The Bertz CT molecular complexity index is 435. The van der Waals surface area contributed by atoms with Gasteiger partial charge in [0.1, 0.15) is 26.7 Å². The van der Waals surface area contributed by atoms with Crippen LogP contribution in [0.25, 0.3) is 0 Å². The molecule has 0 amide bonds. The van der Waals surface area contributed by atoms with Crippen molar-refractivity contribution in [3.63, 3.8) is 0 Å². The lowest BCUT2D eigenvalue weighted by atomic mass is 10.0. The maximum absolute atomic E-state index is 11.1. The smallest absolute Gasteiger partial charge is 0.339 e. The van der Waals surface area contributed by atoms with E-state index in [1.807, 2.05) is 6.92 Å². The van der Waals surface area contributed by atoms with Gasteiger partial charge in [-0.15, -0.1) is 4.65 Å². The number of hydroxylamine groups is 3. The first-order valence-corrected chi connectivity index (χ1v) is 5.23. The Labute approximate surface area is 101 Å². The number of hydrogen-bond donors (Lipinski definition) is 1. The Morgan fingerprint density at radius 3 is 2.29 bits per heavy atom. The summed E-state index contributed by atoms with van der Waals surface area (Å²) in [6.45, 7) is 3.60. The molecular formula is C12H18NO4+. The largest absolute Gasteiger partial charge is 0.478 e. The molecule has 0 heterocycles. The number of quaternary nitrogens is 1. The van der Waals surface area contributed by atoms with Crippen molar-refractivity contribution >= 4 is 5.97 Å². The molecule has 94 valence electrons. The molecule has 1 aromatic carbocycles. The highest BCUT2D eigenvalue weighted by molar-refractivity contribution is 5.92. The maximum Gasteiger partial charge on any atom is 0.339 e. The van der Waals surface area contributed by atoms with Crippen LogP contribution in [0.3, 0.4) is 0 Å². The number of aromatic carboxylic acids is 1. The fraction of sp³-hybridized carbons (Fsp3) is 0.417. The van der Waals surface area contributed by atoms with Crippen molar-refractivity contribution < 1.29 is 24.4 Å². The van der Waals surface area contributed by atoms with Gasteiger partial charge >= 0.3 is 5.97 Å². The molecule has 0 bridgehead atoms. The lowest BCUT2D eigenvalue weighted by molar-refractivity contribution is -1.10. The molecule has 0 aliphatic rings. The minimum atomic E-state index is -1.03. The molecule has 0 saturated heterocycles. The molecule has 1 rings (SSSR count). The lowest BCUT2D eigenvalue weighted by Gasteiger charge is -2.19. The van der Waals surface area contributed by atoms with Gasteiger partial charge in [0, 0.05) is 4.99 Å². The summed E-state index contributed by atoms with van der Waals surface area (Å²) >= 11 is 0. The zero-order valence-electron chi connectivity index (χ0n) is 10.8. The topological polar surface area (TPSA) is 55.8 Å². The number of benzene rings is 1. The van der Waals surface area contributed by atoms with Crippen LogP contribution in [0, 0.1) is 13.8 Å². The van der Waals surface area contributed by atoms with Crippen LogP contribution in [-0.4, -0.2) is 36.9 Å². The molecule has 0 aromatic heterocycles. The fourth-order valence-electron chi connectivity index (χ4n) is 1.42. The molecule has 5 nitrogen and oxygen atoms in total. The molecule has 0 atom stereocenters. The van der Waals surface area contributed by atoms with E-state index in [9.17, 15) is 4.79 Å². The summed E-state index contributed by atoms with van der Waals surface area (Å²) in [6.07, 6.45) is 0. The highest BCUT2D eigenvalue weighted by Gasteiger charge is 2.19. The molecule has 0 saturated carbocycles. The van der Waals surface area contributed by atoms with Gasteiger partial charge in [-0.25, -0.2) is 4.79 Å². The SMILES string of the molecule is Cc1cc(C)c(C(=O)O)c(OO[N+](C)(C)C)c1. The monoisotopic (exact) mass is 240 g/mol. The Morgan fingerprint density at radius 1 is 1.24 bits per heavy atom. The van der Waals surface area contributed by atoms with E-state index in [1.165, 1.54) is 0 Å². The van der Waals surface area contributed by atoms with E-state index in [-0.39, 0.29) is 16.0 Å². The van der Waals surface area contributed by atoms with E-state index >= 15 is 0 Å². The highest BCUT2D eigenvalue weighted by Crippen LogP contribution is 2.25. The summed E-state index contributed by atoms with van der Waals surface area (Å²) in [5.74, 6) is -0.800. The van der Waals surface area contributed by atoms with Gasteiger partial charge in [0.15, 0.2) is 5.75 Å². The van der Waals surface area contributed by atoms with Crippen molar-refractivity contribution in [2.75, 3.05) is 21.1 Å². The number of carboxylic acids is 1. The van der Waals surface area contributed by atoms with Gasteiger partial charge < -0.3 is 5.11 Å². The summed E-state index contributed by atoms with van der Waals surface area (Å²) in [4.78, 5) is 21.3. The Kier molecular flexibility index (Phi) is 3.75. The first-order chi connectivity index (χ1) is 7.70. The summed E-state index contributed by atoms with van der Waals surface area (Å²) in [7, 11) is 5.30. The van der Waals surface area contributed by atoms with Crippen LogP contribution in [0.4, 0.5) is 0 Å². The third-order valence-corrected chi connectivity index (χ3v) is 2.01. The van der Waals surface area contributed by atoms with Gasteiger partial charge in [-0.3, -0.25) is 4.89 Å². The van der Waals surface area contributed by atoms with Gasteiger partial charge in [0.2, 0.25) is 0 Å². The second-order valence-corrected chi connectivity index (χ2v) is 4.81. The summed E-state index contributed by atoms with van der Waals surface area (Å²) in [5, 5.41) is 9.13. The molecule has 0 unspecified atom stereocenters. The second kappa shape index (κ2) is 4.73. The zero-order valence-corrected chi connectivity index (χ0v) is 10.8. The quantitative estimate of drug-likeness (QED) is 0.496. The fourth-order valence-corrected chi connectivity index (χ4v) is 1.42. The predicted molar refractivity (Wildman–Crippen MR) is 62.6 cm³/mol. The third kappa shape index (κ3) is 3.72. The van der Waals surface area contributed by atoms with E-state index in [1.54, 1.807) is 40.2 Å². The molecule has 0 aliphatic heterocycles. The Balaban J connectivity index is 3.09. The molecular weight excluding hydrogens is 222 g/mol. The highest BCUT2D eigenvalue weighted by atomic mass is 17.3. The van der Waals surface area contributed by atoms with Gasteiger partial charge in [-0.1, -0.05) is 6.07 Å². The van der Waals surface area contributed by atoms with Crippen LogP contribution in [0.1, 0.15) is 21.5 Å². The van der Waals surface area contributed by atoms with Gasteiger partial charge in [0.25, 0.3) is 0 Å². The molecule has 17 heavy (non-hydrogen) atoms. The maximum atomic E-state index is 11.1. The Morgan fingerprint density at radius 2 is 1.82 bits per heavy atom. The molecule has 0 spiro atoms. The average molecular weight is 240 g/mol. The van der Waals surface area contributed by atoms with Crippen molar-refractivity contribution in [2.24, 2.45) is 0 Å². The average Bonchev–Trinajstić information content (AvgIpc) is 2.11. The lowest BCUT2D eigenvalue weighted by Crippen LogP contribution is -2.36. The standard InChI is InChI=1S/C12H17NO4/c1-8-6-9(2)11(12(14)15)10(7-8)16-17-13(3,4)5/h6-7H,1-5H3/p+1. The van der Waals surface area contributed by atoms with E-state index in [4.69, 9.17) is 15.0 Å². The van der Waals surface area contributed by atoms with E-state index < -0.39 is 5.97 Å². The number of carbonyl (C=O) groups is 1. The van der Waals surface area contributed by atoms with Gasteiger partial charge in [-0.2, -0.15) is 0 Å². The number of aryl methyl sites for hydroxylation is 2. The van der Waals surface area contributed by atoms with Crippen molar-refractivity contribution in [3.8, 4) is 5.75 Å². The van der Waals surface area contributed by atoms with Gasteiger partial charge in [0.05, 0.1) is 0 Å². The Hall–Kier alpha value is -1.59. The van der Waals surface area contributed by atoms with Crippen molar-refractivity contribution in [2.45, 2.75) is 13.8 Å². The van der Waals surface area contributed by atoms with E-state index in [0.717, 1.165) is 5.56 Å². The van der Waals surface area contributed by atoms with Crippen molar-refractivity contribution in [3.05, 3.63) is 28.8 Å². The predicted octanol–water partition coefficient (Wildman–Crippen LogP) is 1.93. The molecule has 1 N–H and O–H groups in total. The number of hydrogen-bond acceptors (Lipinski definition) is 3. The van der Waals surface area contributed by atoms with Crippen LogP contribution < -0.4 is 4.89 Å². The normalized spacial score (nSPS) is 11.4. The molecule has 5 heteroatoms. The van der Waals surface area contributed by atoms with E-state index in [2.05, 4.69) is 0 Å². The first kappa shape index (κ1) is 13.5. The number of carboxylic acid groups (broad SMARTS) is 1. The van der Waals surface area contributed by atoms with Crippen molar-refractivity contribution in [1.82, 2.24) is 0 Å². The zero-order chi connectivity index (χ0) is 13.2. The third-order valence-electron chi connectivity index (χ3n) is 2.01. The summed E-state index contributed by atoms with van der Waals surface area (Å²) in [5.41, 5.74) is 1.70. The minimum absolute atomic E-state index is 0.117. The van der Waals surface area contributed by atoms with Crippen LogP contribution in [-0.2, 0) is 4.99 Å². The van der Waals surface area contributed by atoms with Crippen LogP contribution in [0.5, 0.6) is 5.75 Å². The molecule has 0 fully saturated rings. The summed E-state index contributed by atoms with van der Waals surface area (Å²) < 4.78 is 0.117. The number of rotatable bonds is 4. The molecule has 0 aliphatic carbocycles. The van der Waals surface area contributed by atoms with Crippen molar-refractivity contribution in [1.29, 1.82) is 0 Å². The molecule has 1 aromatic rings. The van der Waals surface area contributed by atoms with Crippen LogP contribution in [0.15, 0.2) is 12.1 Å². The summed E-state index contributed by atoms with van der Waals surface area (Å²) in [6, 6.07) is 3.44. The first-order valence-electron chi connectivity index (χ1n) is 5.23. The number of nitrogens with zero attached hydrogens (tertiary/aromatic N) is 1. The second-order valence-electron chi connectivity index (χ2n) is 4.81. The van der Waals surface area contributed by atoms with Gasteiger partial charge in [-0.05, 0) is 31.0 Å². The minimum Gasteiger partial charge on any atom is -0.478 e. The molecule has 0 radical (unpaired) electrons. The van der Waals surface area contributed by atoms with Crippen LogP contribution >= 0.6 is 0 Å². The van der Waals surface area contributed by atoms with E-state index in [0.29, 0.717) is 5.56 Å².